The van der Waals surface area contributed by atoms with Gasteiger partial charge in [-0.3, -0.25) is 19.0 Å². The van der Waals surface area contributed by atoms with E-state index in [4.69, 9.17) is 0 Å². The minimum Gasteiger partial charge on any atom is -0.348 e. The molecule has 8 rings (SSSR count). The molecule has 18 heteroatoms. The highest BCUT2D eigenvalue weighted by molar-refractivity contribution is 5.85. The quantitative estimate of drug-likeness (QED) is 0.156. The van der Waals surface area contributed by atoms with Crippen LogP contribution in [-0.4, -0.2) is 87.1 Å². The number of nitrogens with zero attached hydrogens (tertiary/aromatic N) is 17. The average Bonchev–Trinajstić information content (AvgIpc) is 4.14. The van der Waals surface area contributed by atoms with Crippen molar-refractivity contribution in [1.29, 1.82) is 0 Å². The molecule has 0 aliphatic carbocycles. The number of azo groups is 1. The number of hydrogen-bond acceptors (Lipinski definition) is 12. The van der Waals surface area contributed by atoms with Gasteiger partial charge in [0.15, 0.2) is 12.5 Å². The summed E-state index contributed by atoms with van der Waals surface area (Å²) < 4.78 is 9.55. The van der Waals surface area contributed by atoms with Crippen LogP contribution in [0.2, 0.25) is 0 Å². The number of imidazole rings is 3. The maximum Gasteiger partial charge on any atom is 0.153 e. The molecule has 18 nitrogen and oxygen atoms in total. The van der Waals surface area contributed by atoms with Gasteiger partial charge in [0.25, 0.3) is 0 Å². The lowest BCUT2D eigenvalue weighted by molar-refractivity contribution is 0.655. The van der Waals surface area contributed by atoms with Crippen LogP contribution in [0.5, 0.6) is 0 Å². The maximum absolute atomic E-state index is 4.25. The number of hydrogen-bond donors (Lipinski definition) is 1. The number of H-pyrrole nitrogens is 1. The number of rotatable bonds is 8. The zero-order valence-corrected chi connectivity index (χ0v) is 47.0. The molecule has 2 aliphatic heterocycles. The Balaban J connectivity index is 0.000000788. The van der Waals surface area contributed by atoms with Crippen LogP contribution < -0.4 is 0 Å². The Morgan fingerprint density at radius 3 is 1.48 bits per heavy atom. The van der Waals surface area contributed by atoms with Gasteiger partial charge in [0.05, 0.1) is 12.0 Å². The lowest BCUT2D eigenvalue weighted by atomic mass is 10.1. The van der Waals surface area contributed by atoms with Gasteiger partial charge in [-0.15, -0.1) is 5.11 Å². The molecule has 6 aromatic heterocycles. The molecule has 6 aromatic rings. The number of amidine groups is 1. The molecule has 0 atom stereocenters. The second-order valence-electron chi connectivity index (χ2n) is 19.5. The fourth-order valence-corrected chi connectivity index (χ4v) is 6.38. The third-order valence-electron chi connectivity index (χ3n) is 10.2. The summed E-state index contributed by atoms with van der Waals surface area (Å²) in [4.78, 5) is 31.6. The second kappa shape index (κ2) is 34.2. The smallest absolute Gasteiger partial charge is 0.153 e. The van der Waals surface area contributed by atoms with Crippen molar-refractivity contribution >= 4 is 12.1 Å². The second-order valence-corrected chi connectivity index (χ2v) is 19.5. The van der Waals surface area contributed by atoms with Gasteiger partial charge in [-0.1, -0.05) is 124 Å². The first-order valence-corrected chi connectivity index (χ1v) is 24.6. The highest BCUT2D eigenvalue weighted by Crippen LogP contribution is 2.16. The highest BCUT2D eigenvalue weighted by Gasteiger charge is 2.08. The Kier molecular flexibility index (Phi) is 31.2. The van der Waals surface area contributed by atoms with Crippen LogP contribution in [0, 0.1) is 18.8 Å². The first-order valence-electron chi connectivity index (χ1n) is 24.6. The van der Waals surface area contributed by atoms with E-state index >= 15 is 0 Å². The first kappa shape index (κ1) is 64.8. The Hall–Kier alpha value is -6.20. The van der Waals surface area contributed by atoms with Crippen molar-refractivity contribution in [2.24, 2.45) is 67.3 Å². The summed E-state index contributed by atoms with van der Waals surface area (Å²) in [5, 5.41) is 19.8. The highest BCUT2D eigenvalue weighted by atomic mass is 15.3. The van der Waals surface area contributed by atoms with Crippen molar-refractivity contribution in [2.45, 2.75) is 167 Å². The molecule has 0 spiro atoms. The molecule has 0 fully saturated rings. The molecule has 0 saturated carbocycles. The summed E-state index contributed by atoms with van der Waals surface area (Å²) in [7, 11) is 9.80. The molecule has 0 saturated heterocycles. The summed E-state index contributed by atoms with van der Waals surface area (Å²) in [6.07, 6.45) is 19.6. The predicted molar refractivity (Wildman–Crippen MR) is 294 cm³/mol. The summed E-state index contributed by atoms with van der Waals surface area (Å²) in [6.45, 7) is 36.5. The van der Waals surface area contributed by atoms with E-state index in [1.54, 1.807) is 28.2 Å². The normalized spacial score (nSPS) is 12.1. The molecule has 0 amide bonds. The Morgan fingerprint density at radius 1 is 0.606 bits per heavy atom. The lowest BCUT2D eigenvalue weighted by Gasteiger charge is -2.03. The molecule has 1 N–H and O–H groups in total. The van der Waals surface area contributed by atoms with Gasteiger partial charge in [0, 0.05) is 126 Å². The number of allylic oxidation sites excluding steroid dienone is 2. The van der Waals surface area contributed by atoms with E-state index in [0.717, 1.165) is 41.2 Å². The molecular formula is C53H94N18. The molecule has 0 unspecified atom stereocenters. The third-order valence-corrected chi connectivity index (χ3v) is 10.2. The van der Waals surface area contributed by atoms with Crippen molar-refractivity contribution < 1.29 is 0 Å². The summed E-state index contributed by atoms with van der Waals surface area (Å²) >= 11 is 0. The molecule has 71 heavy (non-hydrogen) atoms. The van der Waals surface area contributed by atoms with Crippen LogP contribution in [0.1, 0.15) is 201 Å². The lowest BCUT2D eigenvalue weighted by Crippen LogP contribution is -2.00. The standard InChI is InChI=1S/C8H14N2.2C7H12N2.C7H11N.2C6H11N3.C6H10N2.C5H9N3.CH4/c1-6(2)8-5-7(3)9-10(8)4;1-6(2)7-4-8-5-9(7)3;1-6(2)7-8-4-5-9(7)3;1-6(2)7-4-3-5-8-7;1-5(2)6-7-4-9(3)8-6;1-5(2)6-7-4-8-9(6)3;1-5(2)6-7-3-4-8-6;1-4(2)5-6-3-7-8-5;/h5-6H,1-4H3;2*4-6H,1-3H3;4-6H,3H2,1-2H3;2*4-5H,1-3H3;3-5H,1-2H3,(H,7,8);4H,3H2,1-2H3;1H4. The zero-order chi connectivity index (χ0) is 53.1. The van der Waals surface area contributed by atoms with Crippen LogP contribution in [0.25, 0.3) is 0 Å². The van der Waals surface area contributed by atoms with E-state index in [1.807, 2.05) is 93.3 Å². The van der Waals surface area contributed by atoms with Gasteiger partial charge < -0.3 is 14.1 Å². The van der Waals surface area contributed by atoms with Crippen LogP contribution in [0.15, 0.2) is 88.0 Å². The summed E-state index contributed by atoms with van der Waals surface area (Å²) in [5.41, 5.74) is 4.93. The minimum absolute atomic E-state index is 0. The van der Waals surface area contributed by atoms with Gasteiger partial charge in [-0.05, 0) is 30.7 Å². The molecule has 8 heterocycles. The fourth-order valence-electron chi connectivity index (χ4n) is 6.38. The van der Waals surface area contributed by atoms with Crippen molar-refractivity contribution in [2.75, 3.05) is 6.67 Å². The van der Waals surface area contributed by atoms with E-state index in [1.165, 1.54) is 17.1 Å². The van der Waals surface area contributed by atoms with Gasteiger partial charge in [0.2, 0.25) is 0 Å². The van der Waals surface area contributed by atoms with Crippen LogP contribution >= 0.6 is 0 Å². The SMILES string of the molecule is C.CC(C)C1=CCC=N1.CC(C)C1=NCN=N1.CC(C)c1cncn1C.CC(C)c1ncc[nH]1.CC(C)c1nccn1C.CC(C)c1ncn(C)n1.CC(C)c1ncnn1C.Cc1cc(C(C)C)n(C)n1. The molecule has 0 aromatic carbocycles. The number of nitrogens with one attached hydrogen (secondary N) is 1. The fraction of sp³-hybridized carbons (Fsp3) is 0.623. The first-order chi connectivity index (χ1) is 32.9. The van der Waals surface area contributed by atoms with Crippen molar-refractivity contribution in [3.63, 3.8) is 0 Å². The van der Waals surface area contributed by atoms with Crippen LogP contribution in [-0.2, 0) is 35.2 Å². The molecular weight excluding hydrogens is 889 g/mol. The number of aromatic amines is 1. The Bertz CT molecular complexity index is 2250. The van der Waals surface area contributed by atoms with E-state index in [9.17, 15) is 0 Å². The van der Waals surface area contributed by atoms with Gasteiger partial charge >= 0.3 is 0 Å². The van der Waals surface area contributed by atoms with E-state index in [-0.39, 0.29) is 7.43 Å². The van der Waals surface area contributed by atoms with E-state index < -0.39 is 0 Å². The predicted octanol–water partition coefficient (Wildman–Crippen LogP) is 12.5. The van der Waals surface area contributed by atoms with Crippen LogP contribution in [0.4, 0.5) is 0 Å². The monoisotopic (exact) mass is 983 g/mol. The van der Waals surface area contributed by atoms with Crippen molar-refractivity contribution in [1.82, 2.24) is 68.4 Å². The van der Waals surface area contributed by atoms with Crippen molar-refractivity contribution in [3.8, 4) is 0 Å². The van der Waals surface area contributed by atoms with Crippen LogP contribution in [0.3, 0.4) is 0 Å². The van der Waals surface area contributed by atoms with Gasteiger partial charge in [0.1, 0.15) is 36.0 Å². The summed E-state index contributed by atoms with van der Waals surface area (Å²) in [5.74, 6) is 9.19. The minimum atomic E-state index is 0. The topological polar surface area (TPSA) is 193 Å². The Morgan fingerprint density at radius 2 is 1.25 bits per heavy atom. The Labute approximate surface area is 428 Å². The molecule has 0 bridgehead atoms. The van der Waals surface area contributed by atoms with Gasteiger partial charge in [-0.25, -0.2) is 29.9 Å². The number of aryl methyl sites for hydroxylation is 6. The molecule has 0 radical (unpaired) electrons. The number of aromatic nitrogens is 14. The third kappa shape index (κ3) is 25.5. The molecule has 396 valence electrons. The number of aliphatic imine (C=N–C) groups is 2. The van der Waals surface area contributed by atoms with Gasteiger partial charge in [-0.2, -0.15) is 20.4 Å². The zero-order valence-electron chi connectivity index (χ0n) is 47.0. The summed E-state index contributed by atoms with van der Waals surface area (Å²) in [6, 6.07) is 2.13. The maximum atomic E-state index is 4.25. The van der Waals surface area contributed by atoms with E-state index in [0.29, 0.717) is 54.0 Å². The molecule has 2 aliphatic rings. The largest absolute Gasteiger partial charge is 0.348 e. The average molecular weight is 983 g/mol. The van der Waals surface area contributed by atoms with E-state index in [2.05, 4.69) is 188 Å². The van der Waals surface area contributed by atoms with Crippen molar-refractivity contribution in [3.05, 3.63) is 108 Å².